The van der Waals surface area contributed by atoms with Gasteiger partial charge >= 0.3 is 0 Å². The van der Waals surface area contributed by atoms with Gasteiger partial charge in [0.05, 0.1) is 11.6 Å². The van der Waals surface area contributed by atoms with Gasteiger partial charge in [0.25, 0.3) is 0 Å². The first kappa shape index (κ1) is 11.1. The highest BCUT2D eigenvalue weighted by molar-refractivity contribution is 5.37. The molecule has 2 rings (SSSR count). The standard InChI is InChI=1S/C13H11N3O/c14-7-10-2-1-3-12(6-10)17-13-5-4-11(8-15)9-16-13/h1-6,9H,8,15H2. The van der Waals surface area contributed by atoms with Gasteiger partial charge in [-0.25, -0.2) is 4.98 Å². The summed E-state index contributed by atoms with van der Waals surface area (Å²) in [5, 5.41) is 8.76. The van der Waals surface area contributed by atoms with Crippen LogP contribution < -0.4 is 10.5 Å². The minimum atomic E-state index is 0.456. The number of nitrogens with zero attached hydrogens (tertiary/aromatic N) is 2. The first-order valence-corrected chi connectivity index (χ1v) is 5.15. The lowest BCUT2D eigenvalue weighted by Gasteiger charge is -2.05. The molecule has 1 aromatic carbocycles. The van der Waals surface area contributed by atoms with Crippen LogP contribution in [0.2, 0.25) is 0 Å². The zero-order valence-electron chi connectivity index (χ0n) is 9.13. The number of rotatable bonds is 3. The highest BCUT2D eigenvalue weighted by Gasteiger charge is 2.00. The van der Waals surface area contributed by atoms with E-state index < -0.39 is 0 Å². The second kappa shape index (κ2) is 5.10. The van der Waals surface area contributed by atoms with Gasteiger partial charge in [-0.15, -0.1) is 0 Å². The zero-order valence-corrected chi connectivity index (χ0v) is 9.13. The molecule has 0 spiro atoms. The van der Waals surface area contributed by atoms with Crippen molar-refractivity contribution in [1.29, 1.82) is 5.26 Å². The maximum Gasteiger partial charge on any atom is 0.219 e. The lowest BCUT2D eigenvalue weighted by molar-refractivity contribution is 0.462. The minimum absolute atomic E-state index is 0.456. The van der Waals surface area contributed by atoms with Crippen molar-refractivity contribution in [1.82, 2.24) is 4.98 Å². The number of ether oxygens (including phenoxy) is 1. The molecule has 0 aliphatic carbocycles. The fraction of sp³-hybridized carbons (Fsp3) is 0.0769. The summed E-state index contributed by atoms with van der Waals surface area (Å²) in [5.41, 5.74) is 6.98. The molecule has 0 unspecified atom stereocenters. The molecule has 84 valence electrons. The molecule has 0 atom stereocenters. The minimum Gasteiger partial charge on any atom is -0.439 e. The van der Waals surface area contributed by atoms with E-state index in [0.717, 1.165) is 5.56 Å². The summed E-state index contributed by atoms with van der Waals surface area (Å²) in [6, 6.07) is 12.6. The topological polar surface area (TPSA) is 71.9 Å². The smallest absolute Gasteiger partial charge is 0.219 e. The van der Waals surface area contributed by atoms with Crippen molar-refractivity contribution in [3.8, 4) is 17.7 Å². The van der Waals surface area contributed by atoms with Crippen LogP contribution in [0.1, 0.15) is 11.1 Å². The van der Waals surface area contributed by atoms with Gasteiger partial charge in [-0.3, -0.25) is 0 Å². The molecule has 0 aliphatic rings. The fourth-order valence-corrected chi connectivity index (χ4v) is 1.34. The van der Waals surface area contributed by atoms with Crippen LogP contribution >= 0.6 is 0 Å². The zero-order chi connectivity index (χ0) is 12.1. The van der Waals surface area contributed by atoms with Crippen molar-refractivity contribution >= 4 is 0 Å². The third kappa shape index (κ3) is 2.80. The number of aromatic nitrogens is 1. The Morgan fingerprint density at radius 1 is 1.29 bits per heavy atom. The Labute approximate surface area is 99.3 Å². The Morgan fingerprint density at radius 3 is 2.82 bits per heavy atom. The van der Waals surface area contributed by atoms with Crippen LogP contribution in [0.3, 0.4) is 0 Å². The van der Waals surface area contributed by atoms with Crippen LogP contribution in [0.25, 0.3) is 0 Å². The van der Waals surface area contributed by atoms with Crippen LogP contribution in [0.15, 0.2) is 42.6 Å². The molecule has 0 saturated carbocycles. The summed E-state index contributed by atoms with van der Waals surface area (Å²) in [7, 11) is 0. The summed E-state index contributed by atoms with van der Waals surface area (Å²) in [6.07, 6.45) is 1.67. The van der Waals surface area contributed by atoms with Gasteiger partial charge in [0.1, 0.15) is 5.75 Å². The molecule has 17 heavy (non-hydrogen) atoms. The van der Waals surface area contributed by atoms with Gasteiger partial charge in [0.15, 0.2) is 0 Å². The van der Waals surface area contributed by atoms with Gasteiger partial charge < -0.3 is 10.5 Å². The van der Waals surface area contributed by atoms with E-state index in [2.05, 4.69) is 11.1 Å². The van der Waals surface area contributed by atoms with E-state index in [4.69, 9.17) is 15.7 Å². The maximum atomic E-state index is 8.76. The van der Waals surface area contributed by atoms with Crippen LogP contribution in [-0.4, -0.2) is 4.98 Å². The predicted molar refractivity (Wildman–Crippen MR) is 63.4 cm³/mol. The lowest BCUT2D eigenvalue weighted by atomic mass is 10.2. The molecule has 0 amide bonds. The largest absolute Gasteiger partial charge is 0.439 e. The summed E-state index contributed by atoms with van der Waals surface area (Å²) in [4.78, 5) is 4.12. The number of nitriles is 1. The Hall–Kier alpha value is -2.38. The molecule has 2 N–H and O–H groups in total. The van der Waals surface area contributed by atoms with Crippen molar-refractivity contribution < 1.29 is 4.74 Å². The van der Waals surface area contributed by atoms with Gasteiger partial charge in [-0.1, -0.05) is 12.1 Å². The van der Waals surface area contributed by atoms with Crippen LogP contribution in [0.4, 0.5) is 0 Å². The van der Waals surface area contributed by atoms with Crippen LogP contribution in [0.5, 0.6) is 11.6 Å². The second-order valence-corrected chi connectivity index (χ2v) is 3.45. The third-order valence-electron chi connectivity index (χ3n) is 2.22. The third-order valence-corrected chi connectivity index (χ3v) is 2.22. The van der Waals surface area contributed by atoms with E-state index in [0.29, 0.717) is 23.7 Å². The Kier molecular flexibility index (Phi) is 3.34. The number of hydrogen-bond acceptors (Lipinski definition) is 4. The fourth-order valence-electron chi connectivity index (χ4n) is 1.34. The molecule has 2 aromatic rings. The molecule has 0 aliphatic heterocycles. The molecule has 0 saturated heterocycles. The number of hydrogen-bond donors (Lipinski definition) is 1. The van der Waals surface area contributed by atoms with Crippen molar-refractivity contribution in [2.45, 2.75) is 6.54 Å². The summed E-state index contributed by atoms with van der Waals surface area (Å²) in [6.45, 7) is 0.456. The number of benzene rings is 1. The predicted octanol–water partition coefficient (Wildman–Crippen LogP) is 2.20. The molecule has 1 aromatic heterocycles. The summed E-state index contributed by atoms with van der Waals surface area (Å²) >= 11 is 0. The van der Waals surface area contributed by atoms with Crippen molar-refractivity contribution in [2.75, 3.05) is 0 Å². The molecule has 0 fully saturated rings. The van der Waals surface area contributed by atoms with E-state index >= 15 is 0 Å². The molecule has 0 bridgehead atoms. The molecule has 4 nitrogen and oxygen atoms in total. The van der Waals surface area contributed by atoms with Gasteiger partial charge in [-0.05, 0) is 23.8 Å². The highest BCUT2D eigenvalue weighted by Crippen LogP contribution is 2.20. The maximum absolute atomic E-state index is 8.76. The first-order chi connectivity index (χ1) is 8.31. The Bertz CT molecular complexity index is 543. The molecule has 0 radical (unpaired) electrons. The quantitative estimate of drug-likeness (QED) is 0.869. The second-order valence-electron chi connectivity index (χ2n) is 3.45. The lowest BCUT2D eigenvalue weighted by Crippen LogP contribution is -1.97. The molecule has 1 heterocycles. The van der Waals surface area contributed by atoms with Crippen LogP contribution in [0, 0.1) is 11.3 Å². The number of nitrogens with two attached hydrogens (primary N) is 1. The van der Waals surface area contributed by atoms with E-state index in [1.54, 1.807) is 36.5 Å². The first-order valence-electron chi connectivity index (χ1n) is 5.15. The van der Waals surface area contributed by atoms with Crippen molar-refractivity contribution in [3.63, 3.8) is 0 Å². The molecular formula is C13H11N3O. The molecule has 4 heteroatoms. The van der Waals surface area contributed by atoms with E-state index in [-0.39, 0.29) is 0 Å². The summed E-state index contributed by atoms with van der Waals surface area (Å²) in [5.74, 6) is 1.08. The van der Waals surface area contributed by atoms with E-state index in [1.807, 2.05) is 6.07 Å². The average molecular weight is 225 g/mol. The highest BCUT2D eigenvalue weighted by atomic mass is 16.5. The normalized spacial score (nSPS) is 9.65. The van der Waals surface area contributed by atoms with E-state index in [9.17, 15) is 0 Å². The van der Waals surface area contributed by atoms with Crippen LogP contribution in [-0.2, 0) is 6.54 Å². The SMILES string of the molecule is N#Cc1cccc(Oc2ccc(CN)cn2)c1. The van der Waals surface area contributed by atoms with Gasteiger partial charge in [-0.2, -0.15) is 5.26 Å². The van der Waals surface area contributed by atoms with Gasteiger partial charge in [0.2, 0.25) is 5.88 Å². The average Bonchev–Trinajstić information content (AvgIpc) is 2.40. The summed E-state index contributed by atoms with van der Waals surface area (Å²) < 4.78 is 5.52. The number of pyridine rings is 1. The Balaban J connectivity index is 2.16. The van der Waals surface area contributed by atoms with Gasteiger partial charge in [0, 0.05) is 18.8 Å². The monoisotopic (exact) mass is 225 g/mol. The Morgan fingerprint density at radius 2 is 2.18 bits per heavy atom. The van der Waals surface area contributed by atoms with E-state index in [1.165, 1.54) is 0 Å². The van der Waals surface area contributed by atoms with Crippen molar-refractivity contribution in [2.24, 2.45) is 5.73 Å². The molecular weight excluding hydrogens is 214 g/mol. The van der Waals surface area contributed by atoms with Crippen molar-refractivity contribution in [3.05, 3.63) is 53.7 Å².